The fourth-order valence-electron chi connectivity index (χ4n) is 4.57. The standard InChI is InChI=1S/C28H23BrN4O4/c1-15-12-22(29)23(13-16(15)2)30-26-19-6-5-7-20-25(19)21(14-24(26)33(36)37)28(35)32(27(20)34)18-10-8-17(9-11-18)31(3)4/h5-14,30H,1-4H3. The number of carbonyl (C=O) groups excluding carboxylic acids is 2. The van der Waals surface area contributed by atoms with Gasteiger partial charge in [-0.25, -0.2) is 4.90 Å². The van der Waals surface area contributed by atoms with Crippen LogP contribution in [0.25, 0.3) is 10.8 Å². The number of nitro benzene ring substituents is 1. The second-order valence-corrected chi connectivity index (χ2v) is 10.1. The van der Waals surface area contributed by atoms with E-state index >= 15 is 0 Å². The van der Waals surface area contributed by atoms with Crippen LogP contribution in [-0.2, 0) is 0 Å². The molecule has 9 heteroatoms. The number of rotatable bonds is 5. The van der Waals surface area contributed by atoms with E-state index in [1.165, 1.54) is 6.07 Å². The highest BCUT2D eigenvalue weighted by Crippen LogP contribution is 2.43. The third kappa shape index (κ3) is 4.01. The van der Waals surface area contributed by atoms with Crippen molar-refractivity contribution in [2.45, 2.75) is 13.8 Å². The molecule has 37 heavy (non-hydrogen) atoms. The van der Waals surface area contributed by atoms with Gasteiger partial charge in [-0.3, -0.25) is 19.7 Å². The summed E-state index contributed by atoms with van der Waals surface area (Å²) in [6.07, 6.45) is 0. The molecule has 8 nitrogen and oxygen atoms in total. The van der Waals surface area contributed by atoms with Gasteiger partial charge in [-0.2, -0.15) is 0 Å². The molecule has 1 N–H and O–H groups in total. The summed E-state index contributed by atoms with van der Waals surface area (Å²) >= 11 is 3.53. The van der Waals surface area contributed by atoms with Gasteiger partial charge in [0.1, 0.15) is 5.69 Å². The normalized spacial score (nSPS) is 12.7. The summed E-state index contributed by atoms with van der Waals surface area (Å²) in [5.74, 6) is -1.08. The highest BCUT2D eigenvalue weighted by atomic mass is 79.9. The van der Waals surface area contributed by atoms with Gasteiger partial charge in [0.25, 0.3) is 17.5 Å². The zero-order valence-corrected chi connectivity index (χ0v) is 22.2. The van der Waals surface area contributed by atoms with E-state index in [-0.39, 0.29) is 16.9 Å². The highest BCUT2D eigenvalue weighted by Gasteiger charge is 2.37. The van der Waals surface area contributed by atoms with Crippen molar-refractivity contribution in [3.8, 4) is 0 Å². The molecule has 1 aliphatic rings. The van der Waals surface area contributed by atoms with E-state index in [1.54, 1.807) is 30.3 Å². The Kier molecular flexibility index (Phi) is 5.95. The number of benzene rings is 4. The molecule has 1 aliphatic heterocycles. The number of halogens is 1. The van der Waals surface area contributed by atoms with Gasteiger partial charge in [0, 0.05) is 46.7 Å². The minimum Gasteiger partial charge on any atom is -0.378 e. The third-order valence-electron chi connectivity index (χ3n) is 6.67. The topological polar surface area (TPSA) is 95.8 Å². The van der Waals surface area contributed by atoms with Crippen LogP contribution in [0.3, 0.4) is 0 Å². The first-order valence-electron chi connectivity index (χ1n) is 11.5. The van der Waals surface area contributed by atoms with Gasteiger partial charge in [-0.1, -0.05) is 12.1 Å². The maximum atomic E-state index is 13.7. The van der Waals surface area contributed by atoms with E-state index in [1.807, 2.05) is 57.1 Å². The van der Waals surface area contributed by atoms with Crippen molar-refractivity contribution in [1.29, 1.82) is 0 Å². The summed E-state index contributed by atoms with van der Waals surface area (Å²) in [6, 6.07) is 17.1. The Labute approximate surface area is 221 Å². The van der Waals surface area contributed by atoms with Gasteiger partial charge in [0.05, 0.1) is 21.9 Å². The van der Waals surface area contributed by atoms with Crippen molar-refractivity contribution in [3.05, 3.63) is 97.5 Å². The lowest BCUT2D eigenvalue weighted by Crippen LogP contribution is -2.40. The lowest BCUT2D eigenvalue weighted by molar-refractivity contribution is -0.383. The van der Waals surface area contributed by atoms with Crippen LogP contribution in [0.5, 0.6) is 0 Å². The van der Waals surface area contributed by atoms with Gasteiger partial charge in [-0.05, 0) is 83.4 Å². The number of hydrogen-bond donors (Lipinski definition) is 1. The van der Waals surface area contributed by atoms with Gasteiger partial charge in [-0.15, -0.1) is 0 Å². The number of imide groups is 1. The highest BCUT2D eigenvalue weighted by molar-refractivity contribution is 9.10. The first-order valence-corrected chi connectivity index (χ1v) is 12.3. The molecule has 186 valence electrons. The van der Waals surface area contributed by atoms with Crippen LogP contribution in [-0.4, -0.2) is 30.8 Å². The van der Waals surface area contributed by atoms with Crippen molar-refractivity contribution >= 4 is 67.0 Å². The number of nitro groups is 1. The fourth-order valence-corrected chi connectivity index (χ4v) is 5.13. The zero-order valence-electron chi connectivity index (χ0n) is 20.6. The Morgan fingerprint density at radius 1 is 0.919 bits per heavy atom. The molecule has 1 heterocycles. The quantitative estimate of drug-likeness (QED) is 0.165. The summed E-state index contributed by atoms with van der Waals surface area (Å²) in [5, 5.41) is 16.2. The Balaban J connectivity index is 1.71. The van der Waals surface area contributed by atoms with E-state index < -0.39 is 16.7 Å². The molecule has 0 saturated heterocycles. The van der Waals surface area contributed by atoms with Gasteiger partial charge in [0.2, 0.25) is 0 Å². The molecule has 0 spiro atoms. The van der Waals surface area contributed by atoms with E-state index in [2.05, 4.69) is 21.2 Å². The van der Waals surface area contributed by atoms with Crippen molar-refractivity contribution in [2.24, 2.45) is 0 Å². The fraction of sp³-hybridized carbons (Fsp3) is 0.143. The molecule has 4 aromatic rings. The van der Waals surface area contributed by atoms with Gasteiger partial charge < -0.3 is 10.2 Å². The van der Waals surface area contributed by atoms with E-state index in [0.717, 1.165) is 26.2 Å². The molecule has 2 amide bonds. The van der Waals surface area contributed by atoms with E-state index in [0.29, 0.717) is 27.7 Å². The average Bonchev–Trinajstić information content (AvgIpc) is 2.86. The Morgan fingerprint density at radius 3 is 2.22 bits per heavy atom. The molecule has 0 unspecified atom stereocenters. The number of nitrogens with one attached hydrogen (secondary N) is 1. The monoisotopic (exact) mass is 558 g/mol. The van der Waals surface area contributed by atoms with Crippen LogP contribution >= 0.6 is 15.9 Å². The molecular weight excluding hydrogens is 536 g/mol. The van der Waals surface area contributed by atoms with Crippen molar-refractivity contribution in [3.63, 3.8) is 0 Å². The Hall–Kier alpha value is -4.24. The smallest absolute Gasteiger partial charge is 0.294 e. The molecular formula is C28H23BrN4O4. The molecule has 0 aromatic heterocycles. The van der Waals surface area contributed by atoms with Crippen LogP contribution in [0.1, 0.15) is 31.8 Å². The number of hydrogen-bond acceptors (Lipinski definition) is 6. The predicted octanol–water partition coefficient (Wildman–Crippen LogP) is 6.74. The SMILES string of the molecule is Cc1cc(Br)c(Nc2c([N+](=O)[O-])cc3c4c(cccc24)C(=O)N(c2ccc(N(C)C)cc2)C3=O)cc1C. The Bertz CT molecular complexity index is 1630. The number of aryl methyl sites for hydroxylation is 2. The average molecular weight is 559 g/mol. The third-order valence-corrected chi connectivity index (χ3v) is 7.33. The van der Waals surface area contributed by atoms with Crippen LogP contribution in [0.2, 0.25) is 0 Å². The summed E-state index contributed by atoms with van der Waals surface area (Å²) in [6.45, 7) is 3.93. The number of amides is 2. The molecule has 0 bridgehead atoms. The second-order valence-electron chi connectivity index (χ2n) is 9.20. The summed E-state index contributed by atoms with van der Waals surface area (Å²) < 4.78 is 0.741. The van der Waals surface area contributed by atoms with E-state index in [4.69, 9.17) is 0 Å². The van der Waals surface area contributed by atoms with Crippen molar-refractivity contribution in [1.82, 2.24) is 0 Å². The largest absolute Gasteiger partial charge is 0.378 e. The maximum absolute atomic E-state index is 13.7. The molecule has 0 fully saturated rings. The van der Waals surface area contributed by atoms with Gasteiger partial charge >= 0.3 is 0 Å². The predicted molar refractivity (Wildman–Crippen MR) is 149 cm³/mol. The number of anilines is 4. The van der Waals surface area contributed by atoms with Crippen LogP contribution in [0, 0.1) is 24.0 Å². The summed E-state index contributed by atoms with van der Waals surface area (Å²) in [5.41, 5.74) is 4.41. The first kappa shape index (κ1) is 24.5. The molecule has 0 saturated carbocycles. The van der Waals surface area contributed by atoms with Crippen LogP contribution in [0.4, 0.5) is 28.4 Å². The van der Waals surface area contributed by atoms with Crippen molar-refractivity contribution < 1.29 is 14.5 Å². The van der Waals surface area contributed by atoms with Crippen molar-refractivity contribution in [2.75, 3.05) is 29.2 Å². The van der Waals surface area contributed by atoms with Crippen LogP contribution < -0.4 is 15.1 Å². The molecule has 0 radical (unpaired) electrons. The molecule has 5 rings (SSSR count). The summed E-state index contributed by atoms with van der Waals surface area (Å²) in [7, 11) is 3.79. The molecule has 0 aliphatic carbocycles. The summed E-state index contributed by atoms with van der Waals surface area (Å²) in [4.78, 5) is 41.9. The maximum Gasteiger partial charge on any atom is 0.294 e. The Morgan fingerprint density at radius 2 is 1.57 bits per heavy atom. The van der Waals surface area contributed by atoms with E-state index in [9.17, 15) is 19.7 Å². The first-order chi connectivity index (χ1) is 17.6. The lowest BCUT2D eigenvalue weighted by Gasteiger charge is -2.28. The van der Waals surface area contributed by atoms with Crippen LogP contribution in [0.15, 0.2) is 65.1 Å². The minimum atomic E-state index is -0.603. The lowest BCUT2D eigenvalue weighted by atomic mass is 9.91. The molecule has 4 aromatic carbocycles. The number of nitrogens with zero attached hydrogens (tertiary/aromatic N) is 3. The van der Waals surface area contributed by atoms with Gasteiger partial charge in [0.15, 0.2) is 0 Å². The second kappa shape index (κ2) is 9.01. The minimum absolute atomic E-state index is 0.110. The zero-order chi connectivity index (χ0) is 26.6. The molecule has 0 atom stereocenters. The number of carbonyl (C=O) groups is 2.